The first-order valence-corrected chi connectivity index (χ1v) is 7.38. The number of halogens is 1. The lowest BCUT2D eigenvalue weighted by atomic mass is 10.1. The van der Waals surface area contributed by atoms with Crippen LogP contribution in [-0.4, -0.2) is 25.6 Å². The van der Waals surface area contributed by atoms with Gasteiger partial charge in [0.1, 0.15) is 5.82 Å². The van der Waals surface area contributed by atoms with E-state index in [1.165, 1.54) is 12.1 Å². The summed E-state index contributed by atoms with van der Waals surface area (Å²) in [4.78, 5) is 4.53. The van der Waals surface area contributed by atoms with Crippen LogP contribution in [0.15, 0.2) is 29.3 Å². The van der Waals surface area contributed by atoms with Gasteiger partial charge in [-0.25, -0.2) is 4.39 Å². The van der Waals surface area contributed by atoms with Crippen molar-refractivity contribution >= 4 is 5.96 Å². The monoisotopic (exact) mass is 279 g/mol. The Labute approximate surface area is 121 Å². The zero-order valence-corrected chi connectivity index (χ0v) is 12.7. The summed E-state index contributed by atoms with van der Waals surface area (Å²) in [7, 11) is 0. The molecule has 0 aliphatic heterocycles. The fraction of sp³-hybridized carbons (Fsp3) is 0.562. The summed E-state index contributed by atoms with van der Waals surface area (Å²) in [5, 5.41) is 6.53. The first-order chi connectivity index (χ1) is 9.61. The van der Waals surface area contributed by atoms with Gasteiger partial charge in [0.2, 0.25) is 0 Å². The van der Waals surface area contributed by atoms with Gasteiger partial charge in [-0.05, 0) is 43.4 Å². The molecule has 0 fully saturated rings. The molecule has 2 N–H and O–H groups in total. The standard InChI is InChI=1S/C16H26FN3/c1-4-18-16(19-11-9-13(2)3)20-12-10-14-5-7-15(17)8-6-14/h5-8,13H,4,9-12H2,1-3H3,(H2,18,19,20). The molecule has 0 amide bonds. The van der Waals surface area contributed by atoms with Gasteiger partial charge in [0.05, 0.1) is 0 Å². The summed E-state index contributed by atoms with van der Waals surface area (Å²) < 4.78 is 12.8. The summed E-state index contributed by atoms with van der Waals surface area (Å²) in [6, 6.07) is 6.63. The first kappa shape index (κ1) is 16.5. The van der Waals surface area contributed by atoms with E-state index < -0.39 is 0 Å². The smallest absolute Gasteiger partial charge is 0.191 e. The third kappa shape index (κ3) is 7.12. The van der Waals surface area contributed by atoms with Crippen LogP contribution >= 0.6 is 0 Å². The second kappa shape index (κ2) is 9.34. The van der Waals surface area contributed by atoms with Crippen LogP contribution in [0.1, 0.15) is 32.8 Å². The van der Waals surface area contributed by atoms with Gasteiger partial charge in [0.15, 0.2) is 5.96 Å². The molecule has 0 unspecified atom stereocenters. The molecular formula is C16H26FN3. The van der Waals surface area contributed by atoms with Crippen molar-refractivity contribution in [3.63, 3.8) is 0 Å². The minimum absolute atomic E-state index is 0.190. The average molecular weight is 279 g/mol. The van der Waals surface area contributed by atoms with Crippen LogP contribution in [0.2, 0.25) is 0 Å². The topological polar surface area (TPSA) is 36.4 Å². The van der Waals surface area contributed by atoms with Gasteiger partial charge in [-0.3, -0.25) is 4.99 Å². The second-order valence-electron chi connectivity index (χ2n) is 5.25. The third-order valence-corrected chi connectivity index (χ3v) is 2.94. The van der Waals surface area contributed by atoms with Gasteiger partial charge in [0, 0.05) is 19.6 Å². The van der Waals surface area contributed by atoms with Gasteiger partial charge >= 0.3 is 0 Å². The Balaban J connectivity index is 2.36. The second-order valence-corrected chi connectivity index (χ2v) is 5.25. The van der Waals surface area contributed by atoms with E-state index in [1.807, 2.05) is 12.1 Å². The first-order valence-electron chi connectivity index (χ1n) is 7.38. The normalized spacial score (nSPS) is 11.8. The Hall–Kier alpha value is -1.58. The van der Waals surface area contributed by atoms with Crippen LogP contribution in [-0.2, 0) is 6.42 Å². The molecule has 0 spiro atoms. The number of benzene rings is 1. The van der Waals surface area contributed by atoms with Gasteiger partial charge < -0.3 is 10.6 Å². The molecule has 0 atom stereocenters. The fourth-order valence-corrected chi connectivity index (χ4v) is 1.75. The van der Waals surface area contributed by atoms with Crippen molar-refractivity contribution in [2.45, 2.75) is 33.6 Å². The molecule has 0 saturated heterocycles. The summed E-state index contributed by atoms with van der Waals surface area (Å²) in [6.45, 7) is 8.93. The van der Waals surface area contributed by atoms with Crippen LogP contribution in [0.3, 0.4) is 0 Å². The zero-order valence-electron chi connectivity index (χ0n) is 12.7. The summed E-state index contributed by atoms with van der Waals surface area (Å²) in [5.74, 6) is 1.33. The minimum Gasteiger partial charge on any atom is -0.357 e. The Kier molecular flexibility index (Phi) is 7.70. The lowest BCUT2D eigenvalue weighted by Gasteiger charge is -2.11. The van der Waals surface area contributed by atoms with Gasteiger partial charge in [0.25, 0.3) is 0 Å². The highest BCUT2D eigenvalue weighted by Crippen LogP contribution is 2.02. The molecule has 0 heterocycles. The van der Waals surface area contributed by atoms with Crippen LogP contribution in [0, 0.1) is 11.7 Å². The maximum absolute atomic E-state index is 12.8. The molecular weight excluding hydrogens is 253 g/mol. The number of guanidine groups is 1. The van der Waals surface area contributed by atoms with Crippen LogP contribution in [0.4, 0.5) is 4.39 Å². The molecule has 1 rings (SSSR count). The van der Waals surface area contributed by atoms with Crippen LogP contribution in [0.5, 0.6) is 0 Å². The van der Waals surface area contributed by atoms with E-state index in [1.54, 1.807) is 0 Å². The van der Waals surface area contributed by atoms with E-state index in [4.69, 9.17) is 0 Å². The molecule has 112 valence electrons. The van der Waals surface area contributed by atoms with E-state index in [9.17, 15) is 4.39 Å². The predicted octanol–water partition coefficient (Wildman–Crippen LogP) is 2.97. The van der Waals surface area contributed by atoms with Crippen molar-refractivity contribution in [1.82, 2.24) is 10.6 Å². The number of nitrogens with one attached hydrogen (secondary N) is 2. The average Bonchev–Trinajstić information content (AvgIpc) is 2.40. The zero-order chi connectivity index (χ0) is 14.8. The molecule has 3 nitrogen and oxygen atoms in total. The van der Waals surface area contributed by atoms with Crippen molar-refractivity contribution in [3.05, 3.63) is 35.6 Å². The Morgan fingerprint density at radius 1 is 1.20 bits per heavy atom. The third-order valence-electron chi connectivity index (χ3n) is 2.94. The van der Waals surface area contributed by atoms with Crippen molar-refractivity contribution in [1.29, 1.82) is 0 Å². The highest BCUT2D eigenvalue weighted by Gasteiger charge is 1.99. The number of rotatable bonds is 7. The van der Waals surface area contributed by atoms with E-state index in [0.717, 1.165) is 44.0 Å². The number of nitrogens with zero attached hydrogens (tertiary/aromatic N) is 1. The predicted molar refractivity (Wildman–Crippen MR) is 83.5 cm³/mol. The largest absolute Gasteiger partial charge is 0.357 e. The summed E-state index contributed by atoms with van der Waals surface area (Å²) >= 11 is 0. The van der Waals surface area contributed by atoms with Gasteiger partial charge in [-0.1, -0.05) is 26.0 Å². The molecule has 20 heavy (non-hydrogen) atoms. The SMILES string of the molecule is CCNC(=NCCC(C)C)NCCc1ccc(F)cc1. The Morgan fingerprint density at radius 2 is 1.90 bits per heavy atom. The highest BCUT2D eigenvalue weighted by atomic mass is 19.1. The molecule has 0 aliphatic rings. The molecule has 1 aromatic rings. The van der Waals surface area contributed by atoms with E-state index in [0.29, 0.717) is 5.92 Å². The molecule has 0 aromatic heterocycles. The van der Waals surface area contributed by atoms with Crippen molar-refractivity contribution in [2.24, 2.45) is 10.9 Å². The van der Waals surface area contributed by atoms with E-state index in [-0.39, 0.29) is 5.82 Å². The number of hydrogen-bond donors (Lipinski definition) is 2. The van der Waals surface area contributed by atoms with Crippen molar-refractivity contribution < 1.29 is 4.39 Å². The van der Waals surface area contributed by atoms with E-state index in [2.05, 4.69) is 36.4 Å². The Bertz CT molecular complexity index is 399. The quantitative estimate of drug-likeness (QED) is 0.594. The Morgan fingerprint density at radius 3 is 2.50 bits per heavy atom. The fourth-order valence-electron chi connectivity index (χ4n) is 1.75. The van der Waals surface area contributed by atoms with Crippen molar-refractivity contribution in [2.75, 3.05) is 19.6 Å². The summed E-state index contributed by atoms with van der Waals surface area (Å²) in [5.41, 5.74) is 1.12. The molecule has 0 radical (unpaired) electrons. The minimum atomic E-state index is -0.190. The van der Waals surface area contributed by atoms with Gasteiger partial charge in [-0.15, -0.1) is 0 Å². The van der Waals surface area contributed by atoms with E-state index >= 15 is 0 Å². The number of hydrogen-bond acceptors (Lipinski definition) is 1. The summed E-state index contributed by atoms with van der Waals surface area (Å²) in [6.07, 6.45) is 1.95. The number of aliphatic imine (C=N–C) groups is 1. The van der Waals surface area contributed by atoms with Crippen LogP contribution < -0.4 is 10.6 Å². The van der Waals surface area contributed by atoms with Crippen molar-refractivity contribution in [3.8, 4) is 0 Å². The highest BCUT2D eigenvalue weighted by molar-refractivity contribution is 5.79. The van der Waals surface area contributed by atoms with Crippen LogP contribution in [0.25, 0.3) is 0 Å². The van der Waals surface area contributed by atoms with Gasteiger partial charge in [-0.2, -0.15) is 0 Å². The maximum atomic E-state index is 12.8. The molecule has 0 aliphatic carbocycles. The molecule has 4 heteroatoms. The lowest BCUT2D eigenvalue weighted by molar-refractivity contribution is 0.594. The molecule has 1 aromatic carbocycles. The molecule has 0 saturated carbocycles. The lowest BCUT2D eigenvalue weighted by Crippen LogP contribution is -2.38. The molecule has 0 bridgehead atoms. The maximum Gasteiger partial charge on any atom is 0.191 e.